The molecule has 0 amide bonds. The molecular weight excluding hydrogens is 217 g/mol. The summed E-state index contributed by atoms with van der Waals surface area (Å²) in [6.07, 6.45) is 0. The molecule has 0 atom stereocenters. The van der Waals surface area contributed by atoms with Crippen LogP contribution in [0.5, 0.6) is 0 Å². The van der Waals surface area contributed by atoms with Gasteiger partial charge in [-0.3, -0.25) is 4.55 Å². The topological polar surface area (TPSA) is 95.9 Å². The largest absolute Gasteiger partial charge is 1.00 e. The number of benzene rings is 1. The molecule has 0 fully saturated rings. The summed E-state index contributed by atoms with van der Waals surface area (Å²) in [5.41, 5.74) is 0.947. The molecule has 1 heterocycles. The van der Waals surface area contributed by atoms with Gasteiger partial charge in [0, 0.05) is 0 Å². The third-order valence-corrected chi connectivity index (χ3v) is 2.44. The van der Waals surface area contributed by atoms with Crippen molar-refractivity contribution in [3.8, 4) is 0 Å². The zero-order valence-corrected chi connectivity index (χ0v) is 10.1. The number of nitrogens with one attached hydrogen (secondary N) is 1. The Morgan fingerprint density at radius 1 is 1.21 bits per heavy atom. The van der Waals surface area contributed by atoms with Crippen molar-refractivity contribution in [2.75, 3.05) is 0 Å². The summed E-state index contributed by atoms with van der Waals surface area (Å²) in [5, 5.41) is 9.75. The molecule has 1 aromatic carbocycles. The monoisotopic (exact) mass is 222 g/mol. The number of H-pyrrole nitrogens is 1. The maximum atomic E-state index is 10.7. The van der Waals surface area contributed by atoms with Crippen molar-refractivity contribution in [1.82, 2.24) is 15.4 Å². The van der Waals surface area contributed by atoms with Gasteiger partial charge in [0.2, 0.25) is 0 Å². The van der Waals surface area contributed by atoms with Gasteiger partial charge in [0.25, 0.3) is 10.1 Å². The van der Waals surface area contributed by atoms with Crippen molar-refractivity contribution in [2.24, 2.45) is 0 Å². The molecule has 0 bridgehead atoms. The Balaban J connectivity index is 0.000000980. The van der Waals surface area contributed by atoms with Crippen LogP contribution in [0.1, 0.15) is 0 Å². The summed E-state index contributed by atoms with van der Waals surface area (Å²) in [5.74, 6) is 0. The SMILES string of the molecule is O=S(=O)(O)c1ccc2n[nH]nc2c1.[Na+]. The molecule has 0 spiro atoms. The quantitative estimate of drug-likeness (QED) is 0.401. The van der Waals surface area contributed by atoms with E-state index in [0.29, 0.717) is 11.0 Å². The fourth-order valence-electron chi connectivity index (χ4n) is 0.981. The molecule has 0 saturated carbocycles. The first kappa shape index (κ1) is 11.6. The Kier molecular flexibility index (Phi) is 3.28. The molecule has 6 nitrogen and oxygen atoms in total. The molecule has 8 heteroatoms. The number of hydrogen-bond acceptors (Lipinski definition) is 4. The Hall–Kier alpha value is -0.470. The van der Waals surface area contributed by atoms with Gasteiger partial charge in [-0.2, -0.15) is 23.8 Å². The van der Waals surface area contributed by atoms with Crippen molar-refractivity contribution < 1.29 is 42.5 Å². The second kappa shape index (κ2) is 3.95. The van der Waals surface area contributed by atoms with Gasteiger partial charge >= 0.3 is 29.6 Å². The second-order valence-corrected chi connectivity index (χ2v) is 3.87. The van der Waals surface area contributed by atoms with Crippen molar-refractivity contribution in [3.05, 3.63) is 18.2 Å². The van der Waals surface area contributed by atoms with E-state index in [1.54, 1.807) is 0 Å². The molecule has 0 radical (unpaired) electrons. The average Bonchev–Trinajstić information content (AvgIpc) is 2.47. The van der Waals surface area contributed by atoms with Gasteiger partial charge in [0.1, 0.15) is 11.0 Å². The Morgan fingerprint density at radius 2 is 1.86 bits per heavy atom. The molecule has 68 valence electrons. The maximum Gasteiger partial charge on any atom is 1.00 e. The summed E-state index contributed by atoms with van der Waals surface area (Å²) < 4.78 is 30.1. The van der Waals surface area contributed by atoms with Gasteiger partial charge in [-0.1, -0.05) is 0 Å². The average molecular weight is 222 g/mol. The first-order valence-corrected chi connectivity index (χ1v) is 4.79. The molecule has 0 aliphatic rings. The van der Waals surface area contributed by atoms with Crippen LogP contribution >= 0.6 is 0 Å². The van der Waals surface area contributed by atoms with E-state index in [1.807, 2.05) is 0 Å². The van der Waals surface area contributed by atoms with E-state index in [2.05, 4.69) is 15.4 Å². The van der Waals surface area contributed by atoms with Gasteiger partial charge < -0.3 is 0 Å². The van der Waals surface area contributed by atoms with Crippen molar-refractivity contribution in [1.29, 1.82) is 0 Å². The first-order valence-electron chi connectivity index (χ1n) is 3.35. The predicted molar refractivity (Wildman–Crippen MR) is 43.7 cm³/mol. The van der Waals surface area contributed by atoms with Crippen LogP contribution in [0, 0.1) is 0 Å². The third-order valence-electron chi connectivity index (χ3n) is 1.59. The van der Waals surface area contributed by atoms with Crippen LogP contribution in [-0.2, 0) is 10.1 Å². The van der Waals surface area contributed by atoms with E-state index in [-0.39, 0.29) is 34.5 Å². The molecule has 0 aliphatic heterocycles. The van der Waals surface area contributed by atoms with E-state index in [4.69, 9.17) is 4.55 Å². The fraction of sp³-hybridized carbons (Fsp3) is 0. The number of hydrogen-bond donors (Lipinski definition) is 2. The van der Waals surface area contributed by atoms with Crippen molar-refractivity contribution >= 4 is 21.2 Å². The smallest absolute Gasteiger partial charge is 0.282 e. The molecule has 14 heavy (non-hydrogen) atoms. The number of aromatic amines is 1. The van der Waals surface area contributed by atoms with Crippen LogP contribution in [-0.4, -0.2) is 28.4 Å². The Labute approximate surface area is 102 Å². The first-order chi connectivity index (χ1) is 6.07. The number of nitrogens with zero attached hydrogens (tertiary/aromatic N) is 2. The van der Waals surface area contributed by atoms with E-state index >= 15 is 0 Å². The van der Waals surface area contributed by atoms with Gasteiger partial charge in [-0.15, -0.1) is 0 Å². The van der Waals surface area contributed by atoms with Crippen LogP contribution in [0.25, 0.3) is 11.0 Å². The molecule has 1 aromatic heterocycles. The van der Waals surface area contributed by atoms with Crippen LogP contribution in [0.15, 0.2) is 23.1 Å². The summed E-state index contributed by atoms with van der Waals surface area (Å²) >= 11 is 0. The summed E-state index contributed by atoms with van der Waals surface area (Å²) in [7, 11) is -4.15. The Morgan fingerprint density at radius 3 is 2.50 bits per heavy atom. The molecule has 0 aliphatic carbocycles. The minimum absolute atomic E-state index is 0. The zero-order chi connectivity index (χ0) is 9.47. The maximum absolute atomic E-state index is 10.7. The molecule has 2 aromatic rings. The summed E-state index contributed by atoms with van der Waals surface area (Å²) in [6, 6.07) is 3.97. The van der Waals surface area contributed by atoms with Gasteiger partial charge in [-0.05, 0) is 18.2 Å². The standard InChI is InChI=1S/C6H5N3O3S.Na/c10-13(11,12)4-1-2-5-6(3-4)8-9-7-5;/h1-3H,(H,7,8,9)(H,10,11,12);/q;+1. The van der Waals surface area contributed by atoms with E-state index < -0.39 is 10.1 Å². The van der Waals surface area contributed by atoms with Crippen molar-refractivity contribution in [2.45, 2.75) is 4.90 Å². The van der Waals surface area contributed by atoms with Gasteiger partial charge in [0.05, 0.1) is 4.90 Å². The zero-order valence-electron chi connectivity index (χ0n) is 7.30. The molecule has 0 unspecified atom stereocenters. The van der Waals surface area contributed by atoms with Crippen LogP contribution in [0.2, 0.25) is 0 Å². The second-order valence-electron chi connectivity index (χ2n) is 2.45. The van der Waals surface area contributed by atoms with Crippen molar-refractivity contribution in [3.63, 3.8) is 0 Å². The third kappa shape index (κ3) is 2.12. The minimum Gasteiger partial charge on any atom is -0.282 e. The Bertz CT molecular complexity index is 550. The van der Waals surface area contributed by atoms with E-state index in [9.17, 15) is 8.42 Å². The fourth-order valence-corrected chi connectivity index (χ4v) is 1.48. The predicted octanol–water partition coefficient (Wildman–Crippen LogP) is -2.79. The van der Waals surface area contributed by atoms with Crippen LogP contribution in [0.4, 0.5) is 0 Å². The van der Waals surface area contributed by atoms with Crippen LogP contribution in [0.3, 0.4) is 0 Å². The summed E-state index contributed by atoms with van der Waals surface area (Å²) in [6.45, 7) is 0. The van der Waals surface area contributed by atoms with Gasteiger partial charge in [0.15, 0.2) is 0 Å². The number of rotatable bonds is 1. The van der Waals surface area contributed by atoms with E-state index in [1.165, 1.54) is 18.2 Å². The van der Waals surface area contributed by atoms with Crippen LogP contribution < -0.4 is 29.6 Å². The molecule has 2 rings (SSSR count). The molecular formula is C6H5N3NaO3S+. The minimum atomic E-state index is -4.15. The molecule has 2 N–H and O–H groups in total. The van der Waals surface area contributed by atoms with E-state index in [0.717, 1.165) is 0 Å². The summed E-state index contributed by atoms with van der Waals surface area (Å²) in [4.78, 5) is -0.186. The number of aromatic nitrogens is 3. The normalized spacial score (nSPS) is 11.2. The number of fused-ring (bicyclic) bond motifs is 1. The van der Waals surface area contributed by atoms with Gasteiger partial charge in [-0.25, -0.2) is 0 Å². The molecule has 0 saturated heterocycles.